The first-order valence-electron chi connectivity index (χ1n) is 3.24. The van der Waals surface area contributed by atoms with Crippen molar-refractivity contribution in [2.24, 2.45) is 0 Å². The highest BCUT2D eigenvalue weighted by Gasteiger charge is 2.03. The van der Waals surface area contributed by atoms with Crippen molar-refractivity contribution in [3.8, 4) is 0 Å². The Balaban J connectivity index is 2.91. The fraction of sp³-hybridized carbons (Fsp3) is 0.143. The van der Waals surface area contributed by atoms with Crippen LogP contribution in [0.15, 0.2) is 12.3 Å². The van der Waals surface area contributed by atoms with Crippen molar-refractivity contribution in [3.63, 3.8) is 0 Å². The molecule has 11 heavy (non-hydrogen) atoms. The van der Waals surface area contributed by atoms with Gasteiger partial charge in [0.15, 0.2) is 0 Å². The molecular formula is C7H6FN3. The summed E-state index contributed by atoms with van der Waals surface area (Å²) in [5, 5.41) is 0. The third kappa shape index (κ3) is 0.869. The first-order valence-corrected chi connectivity index (χ1v) is 3.24. The summed E-state index contributed by atoms with van der Waals surface area (Å²) >= 11 is 0. The molecule has 2 rings (SSSR count). The number of fused-ring (bicyclic) bond motifs is 1. The molecule has 0 saturated carbocycles. The topological polar surface area (TPSA) is 41.6 Å². The number of halogens is 1. The summed E-state index contributed by atoms with van der Waals surface area (Å²) in [4.78, 5) is 10.3. The average Bonchev–Trinajstić information content (AvgIpc) is 2.34. The SMILES string of the molecule is Cc1nc(F)c2[nH]ccc2n1. The number of nitrogens with zero attached hydrogens (tertiary/aromatic N) is 2. The number of hydrogen-bond acceptors (Lipinski definition) is 2. The molecular weight excluding hydrogens is 145 g/mol. The van der Waals surface area contributed by atoms with Crippen molar-refractivity contribution in [2.45, 2.75) is 6.92 Å². The van der Waals surface area contributed by atoms with E-state index in [0.717, 1.165) is 0 Å². The van der Waals surface area contributed by atoms with Crippen LogP contribution in [-0.2, 0) is 0 Å². The molecule has 2 aromatic heterocycles. The third-order valence-electron chi connectivity index (χ3n) is 1.47. The summed E-state index contributed by atoms with van der Waals surface area (Å²) in [5.74, 6) is -0.0351. The Labute approximate surface area is 62.3 Å². The first-order chi connectivity index (χ1) is 5.27. The molecule has 0 atom stereocenters. The van der Waals surface area contributed by atoms with Gasteiger partial charge in [0.2, 0.25) is 5.95 Å². The van der Waals surface area contributed by atoms with Gasteiger partial charge in [-0.1, -0.05) is 0 Å². The number of nitrogens with one attached hydrogen (secondary N) is 1. The summed E-state index contributed by atoms with van der Waals surface area (Å²) in [6.45, 7) is 1.66. The van der Waals surface area contributed by atoms with E-state index in [-0.39, 0.29) is 0 Å². The van der Waals surface area contributed by atoms with Gasteiger partial charge in [0.25, 0.3) is 0 Å². The lowest BCUT2D eigenvalue weighted by Crippen LogP contribution is -1.91. The third-order valence-corrected chi connectivity index (χ3v) is 1.47. The fourth-order valence-corrected chi connectivity index (χ4v) is 1.02. The maximum absolute atomic E-state index is 12.9. The molecule has 4 heteroatoms. The van der Waals surface area contributed by atoms with Crippen LogP contribution in [0.3, 0.4) is 0 Å². The Kier molecular flexibility index (Phi) is 1.15. The Morgan fingerprint density at radius 3 is 3.09 bits per heavy atom. The molecule has 0 fully saturated rings. The number of hydrogen-bond donors (Lipinski definition) is 1. The Morgan fingerprint density at radius 1 is 1.45 bits per heavy atom. The minimum atomic E-state index is -0.488. The zero-order valence-electron chi connectivity index (χ0n) is 5.93. The van der Waals surface area contributed by atoms with Crippen molar-refractivity contribution < 1.29 is 4.39 Å². The summed E-state index contributed by atoms with van der Waals surface area (Å²) in [6, 6.07) is 1.72. The van der Waals surface area contributed by atoms with Gasteiger partial charge in [0.1, 0.15) is 11.3 Å². The molecule has 0 saturated heterocycles. The molecule has 0 unspecified atom stereocenters. The molecule has 2 aromatic rings. The second-order valence-electron chi connectivity index (χ2n) is 2.30. The summed E-state index contributed by atoms with van der Waals surface area (Å²) in [7, 11) is 0. The molecule has 0 aliphatic rings. The van der Waals surface area contributed by atoms with Crippen molar-refractivity contribution in [1.82, 2.24) is 15.0 Å². The summed E-state index contributed by atoms with van der Waals surface area (Å²) < 4.78 is 12.9. The number of rotatable bonds is 0. The Hall–Kier alpha value is -1.45. The molecule has 3 nitrogen and oxygen atoms in total. The van der Waals surface area contributed by atoms with Gasteiger partial charge in [-0.25, -0.2) is 9.97 Å². The molecule has 0 aliphatic carbocycles. The van der Waals surface area contributed by atoms with Gasteiger partial charge in [0, 0.05) is 6.20 Å². The molecule has 0 radical (unpaired) electrons. The van der Waals surface area contributed by atoms with E-state index in [1.165, 1.54) is 0 Å². The van der Waals surface area contributed by atoms with Crippen LogP contribution < -0.4 is 0 Å². The summed E-state index contributed by atoms with van der Waals surface area (Å²) in [6.07, 6.45) is 1.64. The maximum atomic E-state index is 12.9. The van der Waals surface area contributed by atoms with Crippen LogP contribution in [0.25, 0.3) is 11.0 Å². The predicted octanol–water partition coefficient (Wildman–Crippen LogP) is 1.41. The Morgan fingerprint density at radius 2 is 2.27 bits per heavy atom. The predicted molar refractivity (Wildman–Crippen MR) is 38.6 cm³/mol. The van der Waals surface area contributed by atoms with Gasteiger partial charge in [-0.15, -0.1) is 0 Å². The van der Waals surface area contributed by atoms with E-state index >= 15 is 0 Å². The molecule has 0 spiro atoms. The summed E-state index contributed by atoms with van der Waals surface area (Å²) in [5.41, 5.74) is 0.991. The van der Waals surface area contributed by atoms with Crippen LogP contribution >= 0.6 is 0 Å². The van der Waals surface area contributed by atoms with Crippen LogP contribution in [0, 0.1) is 12.9 Å². The van der Waals surface area contributed by atoms with Crippen LogP contribution in [0.5, 0.6) is 0 Å². The molecule has 0 aromatic carbocycles. The quantitative estimate of drug-likeness (QED) is 0.578. The highest BCUT2D eigenvalue weighted by Crippen LogP contribution is 2.11. The Bertz CT molecular complexity index is 393. The normalized spacial score (nSPS) is 10.7. The molecule has 0 aliphatic heterocycles. The number of aromatic nitrogens is 3. The second kappa shape index (κ2) is 2.02. The van der Waals surface area contributed by atoms with E-state index < -0.39 is 5.95 Å². The van der Waals surface area contributed by atoms with Gasteiger partial charge >= 0.3 is 0 Å². The second-order valence-corrected chi connectivity index (χ2v) is 2.30. The number of H-pyrrole nitrogens is 1. The lowest BCUT2D eigenvalue weighted by atomic mass is 10.4. The van der Waals surface area contributed by atoms with Crippen molar-refractivity contribution in [2.75, 3.05) is 0 Å². The highest BCUT2D eigenvalue weighted by molar-refractivity contribution is 5.74. The van der Waals surface area contributed by atoms with Crippen LogP contribution in [0.2, 0.25) is 0 Å². The lowest BCUT2D eigenvalue weighted by Gasteiger charge is -1.92. The smallest absolute Gasteiger partial charge is 0.240 e. The van der Waals surface area contributed by atoms with E-state index in [9.17, 15) is 4.39 Å². The number of aromatic amines is 1. The monoisotopic (exact) mass is 151 g/mol. The fourth-order valence-electron chi connectivity index (χ4n) is 1.02. The molecule has 2 heterocycles. The van der Waals surface area contributed by atoms with E-state index in [0.29, 0.717) is 16.9 Å². The lowest BCUT2D eigenvalue weighted by molar-refractivity contribution is 0.586. The van der Waals surface area contributed by atoms with E-state index in [4.69, 9.17) is 0 Å². The van der Waals surface area contributed by atoms with Gasteiger partial charge in [-0.2, -0.15) is 4.39 Å². The number of aryl methyl sites for hydroxylation is 1. The van der Waals surface area contributed by atoms with Crippen LogP contribution in [0.1, 0.15) is 5.82 Å². The van der Waals surface area contributed by atoms with Gasteiger partial charge < -0.3 is 4.98 Å². The van der Waals surface area contributed by atoms with Gasteiger partial charge in [-0.05, 0) is 13.0 Å². The zero-order chi connectivity index (χ0) is 7.84. The molecule has 0 amide bonds. The van der Waals surface area contributed by atoms with Crippen molar-refractivity contribution >= 4 is 11.0 Å². The molecule has 56 valence electrons. The first kappa shape index (κ1) is 6.27. The minimum absolute atomic E-state index is 0.371. The minimum Gasteiger partial charge on any atom is -0.356 e. The van der Waals surface area contributed by atoms with Gasteiger partial charge in [-0.3, -0.25) is 0 Å². The largest absolute Gasteiger partial charge is 0.356 e. The van der Waals surface area contributed by atoms with Crippen molar-refractivity contribution in [1.29, 1.82) is 0 Å². The van der Waals surface area contributed by atoms with Crippen molar-refractivity contribution in [3.05, 3.63) is 24.0 Å². The van der Waals surface area contributed by atoms with Crippen LogP contribution in [-0.4, -0.2) is 15.0 Å². The highest BCUT2D eigenvalue weighted by atomic mass is 19.1. The van der Waals surface area contributed by atoms with E-state index in [1.807, 2.05) is 0 Å². The van der Waals surface area contributed by atoms with E-state index in [2.05, 4.69) is 15.0 Å². The van der Waals surface area contributed by atoms with E-state index in [1.54, 1.807) is 19.2 Å². The molecule has 1 N–H and O–H groups in total. The zero-order valence-corrected chi connectivity index (χ0v) is 5.93. The standard InChI is InChI=1S/C7H6FN3/c1-4-10-5-2-3-9-6(5)7(8)11-4/h2-3,9H,1H3. The maximum Gasteiger partial charge on any atom is 0.240 e. The van der Waals surface area contributed by atoms with Crippen LogP contribution in [0.4, 0.5) is 4.39 Å². The van der Waals surface area contributed by atoms with Gasteiger partial charge in [0.05, 0.1) is 5.52 Å². The average molecular weight is 151 g/mol. The molecule has 0 bridgehead atoms.